The van der Waals surface area contributed by atoms with E-state index in [0.717, 1.165) is 12.0 Å². The molecule has 164 valence electrons. The zero-order valence-corrected chi connectivity index (χ0v) is 17.9. The molecule has 2 heterocycles. The van der Waals surface area contributed by atoms with E-state index in [9.17, 15) is 14.4 Å². The summed E-state index contributed by atoms with van der Waals surface area (Å²) in [6.07, 6.45) is 0.785. The highest BCUT2D eigenvalue weighted by molar-refractivity contribution is 5.91. The second-order valence-corrected chi connectivity index (χ2v) is 7.67. The fourth-order valence-electron chi connectivity index (χ4n) is 4.11. The van der Waals surface area contributed by atoms with Crippen LogP contribution in [-0.4, -0.2) is 90.3 Å². The number of carbonyl (C=O) groups excluding carboxylic acids is 3. The number of hydrogen-bond donors (Lipinski definition) is 1. The first kappa shape index (κ1) is 22.0. The summed E-state index contributed by atoms with van der Waals surface area (Å²) in [7, 11) is 3.31. The maximum Gasteiger partial charge on any atom is 0.334 e. The summed E-state index contributed by atoms with van der Waals surface area (Å²) < 4.78 is 5.15. The van der Waals surface area contributed by atoms with Gasteiger partial charge in [-0.2, -0.15) is 0 Å². The van der Waals surface area contributed by atoms with E-state index < -0.39 is 12.2 Å². The minimum absolute atomic E-state index is 0.0564. The molecule has 0 aromatic heterocycles. The van der Waals surface area contributed by atoms with Gasteiger partial charge in [0.15, 0.2) is 0 Å². The van der Waals surface area contributed by atoms with Crippen LogP contribution in [0.1, 0.15) is 25.3 Å². The van der Waals surface area contributed by atoms with E-state index in [4.69, 9.17) is 4.74 Å². The van der Waals surface area contributed by atoms with Crippen molar-refractivity contribution in [3.05, 3.63) is 35.9 Å². The Morgan fingerprint density at radius 2 is 1.97 bits per heavy atom. The van der Waals surface area contributed by atoms with Crippen LogP contribution in [0.5, 0.6) is 0 Å². The number of rotatable bonds is 7. The van der Waals surface area contributed by atoms with Crippen molar-refractivity contribution in [1.82, 2.24) is 25.1 Å². The summed E-state index contributed by atoms with van der Waals surface area (Å²) in [6, 6.07) is 8.80. The van der Waals surface area contributed by atoms with E-state index in [1.165, 1.54) is 0 Å². The SMILES string of the molecule is CCC[C@H]1C(=O)N(CCOC)C[C@H]2N1C(=O)CN(C)N2C(=O)NCc1ccccc1. The molecule has 0 bridgehead atoms. The maximum atomic E-state index is 13.1. The Balaban J connectivity index is 1.82. The third-order valence-corrected chi connectivity index (χ3v) is 5.56. The topological polar surface area (TPSA) is 85.4 Å². The number of likely N-dealkylation sites (N-methyl/N-ethyl adjacent to an activating group) is 1. The largest absolute Gasteiger partial charge is 0.383 e. The molecule has 30 heavy (non-hydrogen) atoms. The number of piperazine rings is 1. The summed E-state index contributed by atoms with van der Waals surface area (Å²) in [5, 5.41) is 6.15. The Morgan fingerprint density at radius 1 is 1.23 bits per heavy atom. The summed E-state index contributed by atoms with van der Waals surface area (Å²) in [5.41, 5.74) is 0.989. The zero-order valence-electron chi connectivity index (χ0n) is 17.9. The Morgan fingerprint density at radius 3 is 2.63 bits per heavy atom. The molecule has 2 saturated heterocycles. The van der Waals surface area contributed by atoms with E-state index in [1.54, 1.807) is 34.0 Å². The third-order valence-electron chi connectivity index (χ3n) is 5.56. The second-order valence-electron chi connectivity index (χ2n) is 7.67. The predicted molar refractivity (Wildman–Crippen MR) is 111 cm³/mol. The average Bonchev–Trinajstić information content (AvgIpc) is 2.73. The van der Waals surface area contributed by atoms with Crippen LogP contribution in [0.3, 0.4) is 0 Å². The van der Waals surface area contributed by atoms with Crippen molar-refractivity contribution < 1.29 is 19.1 Å². The number of nitrogens with zero attached hydrogens (tertiary/aromatic N) is 4. The molecular weight excluding hydrogens is 386 g/mol. The van der Waals surface area contributed by atoms with Gasteiger partial charge in [-0.25, -0.2) is 14.8 Å². The summed E-state index contributed by atoms with van der Waals surface area (Å²) >= 11 is 0. The smallest absolute Gasteiger partial charge is 0.334 e. The first-order valence-corrected chi connectivity index (χ1v) is 10.4. The number of ether oxygens (including phenoxy) is 1. The van der Waals surface area contributed by atoms with Gasteiger partial charge < -0.3 is 19.9 Å². The molecule has 2 atom stereocenters. The number of methoxy groups -OCH3 is 1. The normalized spacial score (nSPS) is 22.3. The van der Waals surface area contributed by atoms with Gasteiger partial charge in [0, 0.05) is 27.2 Å². The highest BCUT2D eigenvalue weighted by Crippen LogP contribution is 2.27. The fraction of sp³-hybridized carbons (Fsp3) is 0.571. The van der Waals surface area contributed by atoms with Crippen molar-refractivity contribution in [1.29, 1.82) is 0 Å². The standard InChI is InChI=1S/C21H31N5O4/c1-4-8-17-20(28)24(11-12-30-3)14-18-25(17)19(27)15-23(2)26(18)21(29)22-13-16-9-6-5-7-10-16/h5-7,9-10,17-18H,4,8,11-15H2,1-3H3,(H,22,29)/t17-,18-/m0/s1. The molecule has 2 fully saturated rings. The van der Waals surface area contributed by atoms with Crippen molar-refractivity contribution in [3.8, 4) is 0 Å². The molecule has 0 unspecified atom stereocenters. The number of hydrogen-bond acceptors (Lipinski definition) is 5. The van der Waals surface area contributed by atoms with Crippen molar-refractivity contribution in [2.24, 2.45) is 0 Å². The highest BCUT2D eigenvalue weighted by atomic mass is 16.5. The lowest BCUT2D eigenvalue weighted by atomic mass is 10.0. The second kappa shape index (κ2) is 9.90. The highest BCUT2D eigenvalue weighted by Gasteiger charge is 2.50. The lowest BCUT2D eigenvalue weighted by Crippen LogP contribution is -2.76. The van der Waals surface area contributed by atoms with Crippen molar-refractivity contribution in [2.75, 3.05) is 40.4 Å². The molecule has 1 aromatic rings. The molecule has 0 saturated carbocycles. The Hall–Kier alpha value is -2.65. The quantitative estimate of drug-likeness (QED) is 0.712. The molecule has 2 aliphatic rings. The molecule has 3 rings (SSSR count). The maximum absolute atomic E-state index is 13.1. The number of urea groups is 1. The lowest BCUT2D eigenvalue weighted by molar-refractivity contribution is -0.187. The van der Waals surface area contributed by atoms with E-state index in [1.807, 2.05) is 37.3 Å². The number of carbonyl (C=O) groups is 3. The number of hydrazine groups is 1. The van der Waals surface area contributed by atoms with Crippen molar-refractivity contribution in [3.63, 3.8) is 0 Å². The first-order chi connectivity index (χ1) is 14.5. The van der Waals surface area contributed by atoms with Gasteiger partial charge in [0.2, 0.25) is 11.8 Å². The number of nitrogens with one attached hydrogen (secondary N) is 1. The van der Waals surface area contributed by atoms with Crippen LogP contribution in [0.2, 0.25) is 0 Å². The van der Waals surface area contributed by atoms with Gasteiger partial charge in [0.25, 0.3) is 0 Å². The van der Waals surface area contributed by atoms with E-state index >= 15 is 0 Å². The van der Waals surface area contributed by atoms with E-state index in [2.05, 4.69) is 5.32 Å². The van der Waals surface area contributed by atoms with Crippen LogP contribution >= 0.6 is 0 Å². The number of benzene rings is 1. The number of amides is 4. The molecule has 4 amide bonds. The van der Waals surface area contributed by atoms with Gasteiger partial charge in [0.1, 0.15) is 12.2 Å². The minimum Gasteiger partial charge on any atom is -0.383 e. The zero-order chi connectivity index (χ0) is 21.7. The van der Waals surface area contributed by atoms with Crippen LogP contribution in [0.25, 0.3) is 0 Å². The number of fused-ring (bicyclic) bond motifs is 1. The van der Waals surface area contributed by atoms with E-state index in [-0.39, 0.29) is 30.9 Å². The van der Waals surface area contributed by atoms with Gasteiger partial charge in [-0.3, -0.25) is 9.59 Å². The summed E-state index contributed by atoms with van der Waals surface area (Å²) in [6.45, 7) is 3.52. The molecule has 9 nitrogen and oxygen atoms in total. The van der Waals surface area contributed by atoms with Crippen LogP contribution in [0, 0.1) is 0 Å². The Bertz CT molecular complexity index is 759. The molecule has 0 spiro atoms. The Labute approximate surface area is 177 Å². The van der Waals surface area contributed by atoms with Gasteiger partial charge in [-0.1, -0.05) is 43.7 Å². The van der Waals surface area contributed by atoms with Crippen LogP contribution in [0.15, 0.2) is 30.3 Å². The van der Waals surface area contributed by atoms with Crippen LogP contribution in [-0.2, 0) is 20.9 Å². The minimum atomic E-state index is -0.559. The fourth-order valence-corrected chi connectivity index (χ4v) is 4.11. The molecule has 9 heteroatoms. The monoisotopic (exact) mass is 417 g/mol. The molecule has 0 radical (unpaired) electrons. The molecule has 2 aliphatic heterocycles. The van der Waals surface area contributed by atoms with Crippen LogP contribution < -0.4 is 5.32 Å². The Kier molecular flexibility index (Phi) is 7.28. The van der Waals surface area contributed by atoms with Gasteiger partial charge in [0.05, 0.1) is 19.7 Å². The molecule has 0 aliphatic carbocycles. The van der Waals surface area contributed by atoms with Gasteiger partial charge in [-0.05, 0) is 12.0 Å². The summed E-state index contributed by atoms with van der Waals surface area (Å²) in [5.74, 6) is -0.208. The lowest BCUT2D eigenvalue weighted by Gasteiger charge is -2.54. The van der Waals surface area contributed by atoms with Crippen molar-refractivity contribution >= 4 is 17.8 Å². The van der Waals surface area contributed by atoms with Crippen LogP contribution in [0.4, 0.5) is 4.79 Å². The van der Waals surface area contributed by atoms with Gasteiger partial charge in [-0.15, -0.1) is 0 Å². The van der Waals surface area contributed by atoms with E-state index in [0.29, 0.717) is 26.1 Å². The van der Waals surface area contributed by atoms with Crippen molar-refractivity contribution in [2.45, 2.75) is 38.5 Å². The van der Waals surface area contributed by atoms with Gasteiger partial charge >= 0.3 is 6.03 Å². The molecule has 1 N–H and O–H groups in total. The molecular formula is C21H31N5O4. The third kappa shape index (κ3) is 4.57. The average molecular weight is 418 g/mol. The summed E-state index contributed by atoms with van der Waals surface area (Å²) in [4.78, 5) is 42.3. The first-order valence-electron chi connectivity index (χ1n) is 10.4. The molecule has 1 aromatic carbocycles. The predicted octanol–water partition coefficient (Wildman–Crippen LogP) is 0.871.